The number of aryl methyl sites for hydroxylation is 3. The number of aliphatic hydroxyl groups is 1. The number of phenolic OH excluding ortho intramolecular Hbond substituents is 1. The van der Waals surface area contributed by atoms with Gasteiger partial charge in [0.2, 0.25) is 5.88 Å². The topological polar surface area (TPSA) is 108 Å². The summed E-state index contributed by atoms with van der Waals surface area (Å²) in [7, 11) is -2.06. The fraction of sp³-hybridized carbons (Fsp3) is 0.214. The molecule has 0 saturated heterocycles. The quantitative estimate of drug-likeness (QED) is 0.769. The van der Waals surface area contributed by atoms with Gasteiger partial charge in [0.15, 0.2) is 0 Å². The summed E-state index contributed by atoms with van der Waals surface area (Å²) in [6.45, 7) is 0. The maximum absolute atomic E-state index is 11.8. The van der Waals surface area contributed by atoms with Crippen LogP contribution in [0, 0.1) is 0 Å². The van der Waals surface area contributed by atoms with Crippen molar-refractivity contribution in [3.63, 3.8) is 0 Å². The molecule has 23 heavy (non-hydrogen) atoms. The Morgan fingerprint density at radius 2 is 1.96 bits per heavy atom. The summed E-state index contributed by atoms with van der Waals surface area (Å²) in [6.07, 6.45) is 6.15. The largest absolute Gasteiger partial charge is 0.506 e. The number of nitrogens with zero attached hydrogens (tertiary/aromatic N) is 3. The number of aliphatic hydroxyl groups excluding tert-OH is 1. The smallest absolute Gasteiger partial charge is 0.330 e. The molecule has 8 nitrogen and oxygen atoms in total. The molecule has 1 aromatic carbocycles. The predicted molar refractivity (Wildman–Crippen MR) is 84.0 cm³/mol. The molecular weight excluding hydrogens is 320 g/mol. The molecule has 0 bridgehead atoms. The number of phenols is 1. The number of aromatic hydroxyl groups is 1. The van der Waals surface area contributed by atoms with Crippen LogP contribution in [0.2, 0.25) is 0 Å². The minimum atomic E-state index is -3.91. The number of hydrogen-bond acceptors (Lipinski definition) is 5. The molecule has 0 unspecified atom stereocenters. The van der Waals surface area contributed by atoms with Crippen LogP contribution in [0.4, 0.5) is 5.69 Å². The van der Waals surface area contributed by atoms with E-state index in [0.29, 0.717) is 6.42 Å². The van der Waals surface area contributed by atoms with Crippen LogP contribution in [0.5, 0.6) is 5.75 Å². The molecule has 1 aliphatic heterocycles. The number of hydrogen-bond donors (Lipinski definition) is 3. The Morgan fingerprint density at radius 1 is 1.22 bits per heavy atom. The van der Waals surface area contributed by atoms with Crippen molar-refractivity contribution in [1.29, 1.82) is 0 Å². The van der Waals surface area contributed by atoms with E-state index in [0.717, 1.165) is 28.1 Å². The third-order valence-corrected chi connectivity index (χ3v) is 4.76. The first-order valence-electron chi connectivity index (χ1n) is 6.87. The van der Waals surface area contributed by atoms with E-state index in [1.54, 1.807) is 16.9 Å². The van der Waals surface area contributed by atoms with Gasteiger partial charge in [0, 0.05) is 13.2 Å². The molecule has 0 amide bonds. The molecule has 0 spiro atoms. The van der Waals surface area contributed by atoms with Gasteiger partial charge in [-0.3, -0.25) is 4.68 Å². The Bertz CT molecular complexity index is 873. The van der Waals surface area contributed by atoms with Crippen LogP contribution in [0.3, 0.4) is 0 Å². The average molecular weight is 336 g/mol. The van der Waals surface area contributed by atoms with E-state index in [2.05, 4.69) is 5.10 Å². The van der Waals surface area contributed by atoms with Crippen molar-refractivity contribution < 1.29 is 18.6 Å². The zero-order valence-electron chi connectivity index (χ0n) is 12.3. The second-order valence-corrected chi connectivity index (χ2v) is 6.81. The van der Waals surface area contributed by atoms with E-state index in [9.17, 15) is 18.6 Å². The van der Waals surface area contributed by atoms with Crippen molar-refractivity contribution in [3.8, 4) is 5.75 Å². The van der Waals surface area contributed by atoms with Gasteiger partial charge in [-0.2, -0.15) is 13.5 Å². The van der Waals surface area contributed by atoms with Crippen LogP contribution in [-0.4, -0.2) is 28.4 Å². The highest BCUT2D eigenvalue weighted by Gasteiger charge is 2.30. The molecule has 0 radical (unpaired) electrons. The minimum absolute atomic E-state index is 0.0756. The van der Waals surface area contributed by atoms with E-state index >= 15 is 0 Å². The first kappa shape index (κ1) is 15.2. The first-order valence-corrected chi connectivity index (χ1v) is 8.31. The van der Waals surface area contributed by atoms with Crippen LogP contribution in [0.1, 0.15) is 11.1 Å². The fourth-order valence-corrected chi connectivity index (χ4v) is 3.45. The summed E-state index contributed by atoms with van der Waals surface area (Å²) in [4.78, 5) is 0. The Balaban J connectivity index is 1.78. The Kier molecular flexibility index (Phi) is 3.64. The summed E-state index contributed by atoms with van der Waals surface area (Å²) < 4.78 is 28.1. The number of benzene rings is 1. The van der Waals surface area contributed by atoms with Gasteiger partial charge < -0.3 is 10.2 Å². The Hall–Kier alpha value is -2.68. The monoisotopic (exact) mass is 336 g/mol. The van der Waals surface area contributed by atoms with E-state index in [-0.39, 0.29) is 11.4 Å². The number of anilines is 1. The van der Waals surface area contributed by atoms with Crippen LogP contribution >= 0.6 is 0 Å². The highest BCUT2D eigenvalue weighted by molar-refractivity contribution is 7.91. The molecular formula is C14H16N4O4S. The lowest BCUT2D eigenvalue weighted by Gasteiger charge is -2.16. The lowest BCUT2D eigenvalue weighted by molar-refractivity contribution is 0.392. The van der Waals surface area contributed by atoms with E-state index < -0.39 is 16.1 Å². The van der Waals surface area contributed by atoms with Crippen molar-refractivity contribution in [1.82, 2.24) is 14.5 Å². The average Bonchev–Trinajstić information content (AvgIpc) is 2.99. The third-order valence-electron chi connectivity index (χ3n) is 3.47. The van der Waals surface area contributed by atoms with Crippen LogP contribution in [0.15, 0.2) is 42.7 Å². The molecule has 1 aliphatic rings. The second kappa shape index (κ2) is 5.51. The molecule has 0 atom stereocenters. The zero-order chi connectivity index (χ0) is 16.6. The van der Waals surface area contributed by atoms with Gasteiger partial charge in [0.05, 0.1) is 12.4 Å². The summed E-state index contributed by atoms with van der Waals surface area (Å²) in [5.74, 6) is -0.671. The van der Waals surface area contributed by atoms with E-state index in [1.807, 2.05) is 18.0 Å². The highest BCUT2D eigenvalue weighted by atomic mass is 32.2. The van der Waals surface area contributed by atoms with Gasteiger partial charge in [-0.1, -0.05) is 6.07 Å². The van der Waals surface area contributed by atoms with Gasteiger partial charge >= 0.3 is 10.2 Å². The van der Waals surface area contributed by atoms with Crippen molar-refractivity contribution in [3.05, 3.63) is 53.8 Å². The number of rotatable bonds is 4. The molecule has 0 saturated carbocycles. The normalized spacial score (nSPS) is 16.2. The van der Waals surface area contributed by atoms with Gasteiger partial charge in [0.1, 0.15) is 11.4 Å². The maximum atomic E-state index is 11.8. The summed E-state index contributed by atoms with van der Waals surface area (Å²) in [5, 5.41) is 23.5. The first-order chi connectivity index (χ1) is 10.8. The second-order valence-electron chi connectivity index (χ2n) is 5.26. The van der Waals surface area contributed by atoms with Gasteiger partial charge in [-0.15, -0.1) is 0 Å². The van der Waals surface area contributed by atoms with Crippen LogP contribution < -0.4 is 9.03 Å². The number of aromatic nitrogens is 2. The third kappa shape index (κ3) is 3.09. The van der Waals surface area contributed by atoms with E-state index in [1.165, 1.54) is 12.1 Å². The Labute approximate surface area is 133 Å². The zero-order valence-corrected chi connectivity index (χ0v) is 13.2. The van der Waals surface area contributed by atoms with Crippen molar-refractivity contribution in [2.24, 2.45) is 7.05 Å². The summed E-state index contributed by atoms with van der Waals surface area (Å²) in [5.41, 5.74) is 2.02. The van der Waals surface area contributed by atoms with Crippen molar-refractivity contribution in [2.75, 3.05) is 4.31 Å². The van der Waals surface area contributed by atoms with Gasteiger partial charge in [-0.25, -0.2) is 9.03 Å². The fourth-order valence-electron chi connectivity index (χ4n) is 2.39. The SMILES string of the molecule is Cn1cc(CCc2ccc(N3C=C(O)NS3(=O)=O)c(O)c2)cn1. The number of nitrogens with one attached hydrogen (secondary N) is 1. The molecule has 1 aromatic heterocycles. The standard InChI is InChI=1S/C14H16N4O4S/c1-17-8-11(7-15-17)3-2-10-4-5-12(13(19)6-10)18-9-14(20)16-23(18,21)22/h4-9,16,19-20H,2-3H2,1H3. The lowest BCUT2D eigenvalue weighted by Crippen LogP contribution is -2.29. The molecule has 3 rings (SSSR count). The van der Waals surface area contributed by atoms with E-state index in [4.69, 9.17) is 0 Å². The molecule has 0 aliphatic carbocycles. The molecule has 9 heteroatoms. The molecule has 2 aromatic rings. The molecule has 2 heterocycles. The van der Waals surface area contributed by atoms with Gasteiger partial charge in [0.25, 0.3) is 0 Å². The molecule has 0 fully saturated rings. The summed E-state index contributed by atoms with van der Waals surface area (Å²) in [6, 6.07) is 4.76. The Morgan fingerprint density at radius 3 is 2.52 bits per heavy atom. The summed E-state index contributed by atoms with van der Waals surface area (Å²) >= 11 is 0. The lowest BCUT2D eigenvalue weighted by atomic mass is 10.1. The molecule has 3 N–H and O–H groups in total. The highest BCUT2D eigenvalue weighted by Crippen LogP contribution is 2.32. The van der Waals surface area contributed by atoms with Crippen molar-refractivity contribution in [2.45, 2.75) is 12.8 Å². The van der Waals surface area contributed by atoms with Crippen molar-refractivity contribution >= 4 is 15.9 Å². The van der Waals surface area contributed by atoms with Gasteiger partial charge in [-0.05, 0) is 36.1 Å². The molecule has 122 valence electrons. The van der Waals surface area contributed by atoms with Crippen LogP contribution in [0.25, 0.3) is 0 Å². The maximum Gasteiger partial charge on any atom is 0.330 e. The predicted octanol–water partition coefficient (Wildman–Crippen LogP) is 0.922. The minimum Gasteiger partial charge on any atom is -0.506 e. The van der Waals surface area contributed by atoms with Crippen LogP contribution in [-0.2, 0) is 30.1 Å².